The summed E-state index contributed by atoms with van der Waals surface area (Å²) in [6.45, 7) is 10.8. The molecule has 4 nitrogen and oxygen atoms in total. The van der Waals surface area contributed by atoms with E-state index in [0.29, 0.717) is 6.04 Å². The summed E-state index contributed by atoms with van der Waals surface area (Å²) in [5.41, 5.74) is 7.61. The lowest BCUT2D eigenvalue weighted by Crippen LogP contribution is -2.51. The quantitative estimate of drug-likeness (QED) is 0.749. The molecule has 1 saturated heterocycles. The number of H-pyrrole nitrogens is 1. The first-order valence-corrected chi connectivity index (χ1v) is 9.76. The first-order chi connectivity index (χ1) is 13.1. The average molecular weight is 361 g/mol. The molecule has 1 aliphatic heterocycles. The fourth-order valence-corrected chi connectivity index (χ4v) is 3.90. The Morgan fingerprint density at radius 2 is 1.85 bits per heavy atom. The van der Waals surface area contributed by atoms with Gasteiger partial charge in [-0.15, -0.1) is 0 Å². The molecular formula is C23H28N4. The van der Waals surface area contributed by atoms with Crippen LogP contribution in [0.25, 0.3) is 11.3 Å². The van der Waals surface area contributed by atoms with Crippen molar-refractivity contribution in [1.29, 1.82) is 0 Å². The number of aromatic amines is 1. The largest absolute Gasteiger partial charge is 0.369 e. The topological polar surface area (TPSA) is 35.2 Å². The van der Waals surface area contributed by atoms with E-state index in [1.807, 2.05) is 6.20 Å². The molecule has 3 aromatic rings. The zero-order chi connectivity index (χ0) is 18.8. The summed E-state index contributed by atoms with van der Waals surface area (Å²) in [7, 11) is 0. The van der Waals surface area contributed by atoms with Gasteiger partial charge in [0.1, 0.15) is 0 Å². The van der Waals surface area contributed by atoms with Gasteiger partial charge in [-0.2, -0.15) is 5.10 Å². The summed E-state index contributed by atoms with van der Waals surface area (Å²) in [5, 5.41) is 7.56. The van der Waals surface area contributed by atoms with E-state index < -0.39 is 0 Å². The number of nitrogens with one attached hydrogen (secondary N) is 1. The molecule has 27 heavy (non-hydrogen) atoms. The molecule has 0 spiro atoms. The van der Waals surface area contributed by atoms with Crippen molar-refractivity contribution in [2.24, 2.45) is 0 Å². The zero-order valence-corrected chi connectivity index (χ0v) is 16.4. The van der Waals surface area contributed by atoms with Crippen LogP contribution in [0.5, 0.6) is 0 Å². The normalized spacial score (nSPS) is 18.0. The monoisotopic (exact) mass is 360 g/mol. The molecule has 0 saturated carbocycles. The fourth-order valence-electron chi connectivity index (χ4n) is 3.90. The van der Waals surface area contributed by atoms with Gasteiger partial charge in [0.15, 0.2) is 0 Å². The van der Waals surface area contributed by atoms with Gasteiger partial charge in [0.05, 0.1) is 11.9 Å². The second kappa shape index (κ2) is 7.57. The van der Waals surface area contributed by atoms with Crippen molar-refractivity contribution in [3.05, 3.63) is 71.4 Å². The predicted octanol–water partition coefficient (Wildman–Crippen LogP) is 4.40. The lowest BCUT2D eigenvalue weighted by Gasteiger charge is -2.41. The van der Waals surface area contributed by atoms with Crippen LogP contribution >= 0.6 is 0 Å². The highest BCUT2D eigenvalue weighted by Crippen LogP contribution is 2.26. The maximum Gasteiger partial charge on any atom is 0.0695 e. The molecule has 0 bridgehead atoms. The lowest BCUT2D eigenvalue weighted by molar-refractivity contribution is 0.181. The van der Waals surface area contributed by atoms with Crippen LogP contribution < -0.4 is 4.90 Å². The van der Waals surface area contributed by atoms with Gasteiger partial charge in [-0.05, 0) is 50.1 Å². The highest BCUT2D eigenvalue weighted by molar-refractivity contribution is 5.64. The molecule has 1 aliphatic rings. The lowest BCUT2D eigenvalue weighted by atomic mass is 10.0. The van der Waals surface area contributed by atoms with Crippen LogP contribution in [0.2, 0.25) is 0 Å². The second-order valence-electron chi connectivity index (χ2n) is 7.67. The maximum atomic E-state index is 4.34. The van der Waals surface area contributed by atoms with Crippen molar-refractivity contribution in [2.75, 3.05) is 24.5 Å². The Labute approximate surface area is 161 Å². The average Bonchev–Trinajstić information content (AvgIpc) is 3.14. The van der Waals surface area contributed by atoms with Gasteiger partial charge in [-0.25, -0.2) is 0 Å². The van der Waals surface area contributed by atoms with Crippen LogP contribution in [0.1, 0.15) is 23.6 Å². The molecule has 1 fully saturated rings. The van der Waals surface area contributed by atoms with Crippen molar-refractivity contribution < 1.29 is 0 Å². The Kier molecular flexibility index (Phi) is 4.99. The number of aryl methyl sites for hydroxylation is 2. The predicted molar refractivity (Wildman–Crippen MR) is 112 cm³/mol. The van der Waals surface area contributed by atoms with Gasteiger partial charge in [0.2, 0.25) is 0 Å². The Morgan fingerprint density at radius 1 is 1.04 bits per heavy atom. The third-order valence-electron chi connectivity index (χ3n) is 5.77. The van der Waals surface area contributed by atoms with Crippen LogP contribution in [0.4, 0.5) is 5.69 Å². The number of hydrogen-bond donors (Lipinski definition) is 1. The summed E-state index contributed by atoms with van der Waals surface area (Å²) < 4.78 is 0. The van der Waals surface area contributed by atoms with E-state index in [1.165, 1.54) is 27.9 Å². The van der Waals surface area contributed by atoms with Gasteiger partial charge in [-0.3, -0.25) is 10.00 Å². The number of para-hydroxylation sites is 1. The van der Waals surface area contributed by atoms with Crippen LogP contribution in [0.15, 0.2) is 54.7 Å². The Hall–Kier alpha value is -2.59. The fraction of sp³-hybridized carbons (Fsp3) is 0.348. The minimum Gasteiger partial charge on any atom is -0.369 e. The molecule has 0 amide bonds. The zero-order valence-electron chi connectivity index (χ0n) is 16.4. The third-order valence-corrected chi connectivity index (χ3v) is 5.77. The van der Waals surface area contributed by atoms with Crippen molar-refractivity contribution >= 4 is 5.69 Å². The SMILES string of the molecule is Cc1ccc(-c2[nH]ncc2CN2CCN(c3ccccc3)C[C@H]2C)cc1C. The minimum atomic E-state index is 0.501. The first kappa shape index (κ1) is 17.8. The summed E-state index contributed by atoms with van der Waals surface area (Å²) in [6, 6.07) is 17.9. The van der Waals surface area contributed by atoms with Crippen molar-refractivity contribution in [3.8, 4) is 11.3 Å². The molecule has 140 valence electrons. The number of benzene rings is 2. The number of nitrogens with zero attached hydrogens (tertiary/aromatic N) is 3. The molecule has 0 radical (unpaired) electrons. The van der Waals surface area contributed by atoms with Crippen LogP contribution in [-0.4, -0.2) is 40.8 Å². The molecule has 1 N–H and O–H groups in total. The Morgan fingerprint density at radius 3 is 2.59 bits per heavy atom. The molecule has 1 atom stereocenters. The highest BCUT2D eigenvalue weighted by Gasteiger charge is 2.25. The highest BCUT2D eigenvalue weighted by atomic mass is 15.3. The van der Waals surface area contributed by atoms with E-state index in [-0.39, 0.29) is 0 Å². The van der Waals surface area contributed by atoms with E-state index in [9.17, 15) is 0 Å². The molecule has 0 unspecified atom stereocenters. The smallest absolute Gasteiger partial charge is 0.0695 e. The molecule has 4 heteroatoms. The minimum absolute atomic E-state index is 0.501. The van der Waals surface area contributed by atoms with Gasteiger partial charge in [-0.1, -0.05) is 30.3 Å². The Bertz CT molecular complexity index is 900. The van der Waals surface area contributed by atoms with Crippen molar-refractivity contribution in [1.82, 2.24) is 15.1 Å². The van der Waals surface area contributed by atoms with Crippen molar-refractivity contribution in [3.63, 3.8) is 0 Å². The van der Waals surface area contributed by atoms with E-state index >= 15 is 0 Å². The molecule has 2 heterocycles. The van der Waals surface area contributed by atoms with Gasteiger partial charge in [0, 0.05) is 49.0 Å². The number of anilines is 1. The number of hydrogen-bond acceptors (Lipinski definition) is 3. The van der Waals surface area contributed by atoms with Crippen LogP contribution in [-0.2, 0) is 6.54 Å². The number of piperazine rings is 1. The van der Waals surface area contributed by atoms with E-state index in [0.717, 1.165) is 31.9 Å². The van der Waals surface area contributed by atoms with Crippen LogP contribution in [0, 0.1) is 13.8 Å². The Balaban J connectivity index is 1.48. The third kappa shape index (κ3) is 3.76. The standard InChI is InChI=1S/C23H28N4/c1-17-9-10-20(13-18(17)2)23-21(14-24-25-23)16-26-11-12-27(15-19(26)3)22-7-5-4-6-8-22/h4-10,13-14,19H,11-12,15-16H2,1-3H3,(H,24,25)/t19-/m1/s1. The maximum absolute atomic E-state index is 4.34. The summed E-state index contributed by atoms with van der Waals surface area (Å²) >= 11 is 0. The summed E-state index contributed by atoms with van der Waals surface area (Å²) in [4.78, 5) is 5.05. The number of aromatic nitrogens is 2. The summed E-state index contributed by atoms with van der Waals surface area (Å²) in [6.07, 6.45) is 1.99. The second-order valence-corrected chi connectivity index (χ2v) is 7.67. The van der Waals surface area contributed by atoms with Gasteiger partial charge >= 0.3 is 0 Å². The summed E-state index contributed by atoms with van der Waals surface area (Å²) in [5.74, 6) is 0. The molecular weight excluding hydrogens is 332 g/mol. The van der Waals surface area contributed by atoms with E-state index in [1.54, 1.807) is 0 Å². The van der Waals surface area contributed by atoms with Gasteiger partial charge in [0.25, 0.3) is 0 Å². The number of rotatable bonds is 4. The van der Waals surface area contributed by atoms with E-state index in [2.05, 4.69) is 89.3 Å². The van der Waals surface area contributed by atoms with E-state index in [4.69, 9.17) is 0 Å². The van der Waals surface area contributed by atoms with Crippen LogP contribution in [0.3, 0.4) is 0 Å². The molecule has 0 aliphatic carbocycles. The van der Waals surface area contributed by atoms with Gasteiger partial charge < -0.3 is 4.90 Å². The van der Waals surface area contributed by atoms with Crippen molar-refractivity contribution in [2.45, 2.75) is 33.4 Å². The first-order valence-electron chi connectivity index (χ1n) is 9.76. The molecule has 1 aromatic heterocycles. The molecule has 2 aromatic carbocycles. The molecule has 4 rings (SSSR count).